The van der Waals surface area contributed by atoms with E-state index in [0.717, 1.165) is 0 Å². The molecule has 0 unspecified atom stereocenters. The number of anilines is 1. The molecule has 0 radical (unpaired) electrons. The Morgan fingerprint density at radius 1 is 1.12 bits per heavy atom. The van der Waals surface area contributed by atoms with Crippen molar-refractivity contribution in [3.63, 3.8) is 0 Å². The number of amides is 3. The van der Waals surface area contributed by atoms with E-state index >= 15 is 0 Å². The average molecular weight is 471 g/mol. The molecule has 3 amide bonds. The number of carbonyl (C=O) groups excluding carboxylic acids is 3. The summed E-state index contributed by atoms with van der Waals surface area (Å²) in [6, 6.07) is 11.5. The Balaban J connectivity index is 1.59. The van der Waals surface area contributed by atoms with Gasteiger partial charge in [0.05, 0.1) is 35.0 Å². The summed E-state index contributed by atoms with van der Waals surface area (Å²) in [7, 11) is 1.48. The van der Waals surface area contributed by atoms with Crippen molar-refractivity contribution in [3.8, 4) is 17.1 Å². The molecule has 0 saturated carbocycles. The summed E-state index contributed by atoms with van der Waals surface area (Å²) in [6.45, 7) is 3.44. The van der Waals surface area contributed by atoms with Crippen molar-refractivity contribution in [1.82, 2.24) is 15.6 Å². The second-order valence-electron chi connectivity index (χ2n) is 7.74. The number of halogens is 1. The Morgan fingerprint density at radius 2 is 1.88 bits per heavy atom. The number of nitrogens with one attached hydrogen (secondary N) is 3. The van der Waals surface area contributed by atoms with Gasteiger partial charge in [0, 0.05) is 18.3 Å². The number of hydrogen-bond acceptors (Lipinski definition) is 6. The Labute approximate surface area is 195 Å². The molecule has 3 N–H and O–H groups in total. The summed E-state index contributed by atoms with van der Waals surface area (Å²) in [4.78, 5) is 41.0. The van der Waals surface area contributed by atoms with Crippen molar-refractivity contribution in [2.24, 2.45) is 0 Å². The van der Waals surface area contributed by atoms with E-state index in [4.69, 9.17) is 20.8 Å². The maximum atomic E-state index is 12.4. The van der Waals surface area contributed by atoms with Crippen LogP contribution in [0.4, 0.5) is 5.69 Å². The standard InChI is InChI=1S/C23H23ClN4O5/c1-23(2,12-26-20(29)15-6-4-5-7-17(15)24)28-22(31)21(30)27-14-8-9-16(18(10-14)32-3)19-11-25-13-33-19/h4-11,13H,12H2,1-3H3,(H,26,29)(H,27,30)(H,28,31). The van der Waals surface area contributed by atoms with Gasteiger partial charge in [-0.15, -0.1) is 0 Å². The lowest BCUT2D eigenvalue weighted by Gasteiger charge is -2.26. The summed E-state index contributed by atoms with van der Waals surface area (Å²) in [5.74, 6) is -1.16. The highest BCUT2D eigenvalue weighted by molar-refractivity contribution is 6.39. The normalized spacial score (nSPS) is 10.9. The van der Waals surface area contributed by atoms with Gasteiger partial charge in [-0.05, 0) is 38.1 Å². The molecule has 0 saturated heterocycles. The zero-order chi connectivity index (χ0) is 24.0. The van der Waals surface area contributed by atoms with Crippen LogP contribution in [-0.2, 0) is 9.59 Å². The van der Waals surface area contributed by atoms with Crippen LogP contribution in [0.2, 0.25) is 5.02 Å². The minimum absolute atomic E-state index is 0.0791. The lowest BCUT2D eigenvalue weighted by molar-refractivity contribution is -0.137. The van der Waals surface area contributed by atoms with Crippen molar-refractivity contribution in [3.05, 3.63) is 65.6 Å². The SMILES string of the molecule is COc1cc(NC(=O)C(=O)NC(C)(C)CNC(=O)c2ccccc2Cl)ccc1-c1cnco1. The zero-order valence-corrected chi connectivity index (χ0v) is 19.0. The highest BCUT2D eigenvalue weighted by atomic mass is 35.5. The van der Waals surface area contributed by atoms with Gasteiger partial charge in [-0.2, -0.15) is 0 Å². The smallest absolute Gasteiger partial charge is 0.313 e. The first-order chi connectivity index (χ1) is 15.7. The lowest BCUT2D eigenvalue weighted by Crippen LogP contribution is -2.54. The van der Waals surface area contributed by atoms with Crippen LogP contribution in [0, 0.1) is 0 Å². The van der Waals surface area contributed by atoms with Crippen LogP contribution in [0.5, 0.6) is 5.75 Å². The third-order valence-corrected chi connectivity index (χ3v) is 4.95. The summed E-state index contributed by atoms with van der Waals surface area (Å²) >= 11 is 6.03. The van der Waals surface area contributed by atoms with Crippen molar-refractivity contribution < 1.29 is 23.5 Å². The van der Waals surface area contributed by atoms with E-state index in [9.17, 15) is 14.4 Å². The van der Waals surface area contributed by atoms with Gasteiger partial charge in [0.15, 0.2) is 12.2 Å². The molecule has 3 rings (SSSR count). The van der Waals surface area contributed by atoms with Crippen LogP contribution in [-0.4, -0.2) is 41.9 Å². The Kier molecular flexibility index (Phi) is 7.34. The fourth-order valence-electron chi connectivity index (χ4n) is 2.96. The number of benzene rings is 2. The zero-order valence-electron chi connectivity index (χ0n) is 18.3. The fourth-order valence-corrected chi connectivity index (χ4v) is 3.18. The number of aromatic nitrogens is 1. The first-order valence-electron chi connectivity index (χ1n) is 9.93. The second-order valence-corrected chi connectivity index (χ2v) is 8.14. The predicted octanol–water partition coefficient (Wildman–Crippen LogP) is 3.27. The van der Waals surface area contributed by atoms with E-state index in [-0.39, 0.29) is 12.5 Å². The molecule has 0 spiro atoms. The third-order valence-electron chi connectivity index (χ3n) is 4.62. The Hall–Kier alpha value is -3.85. The second kappa shape index (κ2) is 10.2. The molecular weight excluding hydrogens is 448 g/mol. The number of carbonyl (C=O) groups is 3. The Bertz CT molecular complexity index is 1160. The summed E-state index contributed by atoms with van der Waals surface area (Å²) < 4.78 is 10.6. The molecular formula is C23H23ClN4O5. The minimum atomic E-state index is -0.904. The molecule has 0 aliphatic heterocycles. The van der Waals surface area contributed by atoms with Crippen molar-refractivity contribution in [2.45, 2.75) is 19.4 Å². The highest BCUT2D eigenvalue weighted by Gasteiger charge is 2.26. The number of oxazole rings is 1. The van der Waals surface area contributed by atoms with E-state index < -0.39 is 17.4 Å². The summed E-state index contributed by atoms with van der Waals surface area (Å²) in [6.07, 6.45) is 2.84. The number of hydrogen-bond donors (Lipinski definition) is 3. The molecule has 0 aliphatic carbocycles. The monoisotopic (exact) mass is 470 g/mol. The molecule has 0 aliphatic rings. The van der Waals surface area contributed by atoms with Crippen molar-refractivity contribution in [1.29, 1.82) is 0 Å². The number of methoxy groups -OCH3 is 1. The first kappa shape index (κ1) is 23.8. The van der Waals surface area contributed by atoms with E-state index in [2.05, 4.69) is 20.9 Å². The summed E-state index contributed by atoms with van der Waals surface area (Å²) in [5.41, 5.74) is 0.425. The molecule has 172 valence electrons. The molecule has 2 aromatic carbocycles. The Morgan fingerprint density at radius 3 is 2.55 bits per heavy atom. The molecule has 1 heterocycles. The summed E-state index contributed by atoms with van der Waals surface area (Å²) in [5, 5.41) is 8.16. The van der Waals surface area contributed by atoms with Crippen LogP contribution in [0.25, 0.3) is 11.3 Å². The molecule has 0 bridgehead atoms. The van der Waals surface area contributed by atoms with Gasteiger partial charge in [0.1, 0.15) is 5.75 Å². The van der Waals surface area contributed by atoms with Gasteiger partial charge in [0.25, 0.3) is 5.91 Å². The van der Waals surface area contributed by atoms with Gasteiger partial charge >= 0.3 is 11.8 Å². The maximum Gasteiger partial charge on any atom is 0.313 e. The van der Waals surface area contributed by atoms with Crippen LogP contribution in [0.15, 0.2) is 59.5 Å². The van der Waals surface area contributed by atoms with Gasteiger partial charge < -0.3 is 25.1 Å². The molecule has 9 nitrogen and oxygen atoms in total. The minimum Gasteiger partial charge on any atom is -0.496 e. The van der Waals surface area contributed by atoms with Gasteiger partial charge in [-0.25, -0.2) is 4.98 Å². The highest BCUT2D eigenvalue weighted by Crippen LogP contribution is 2.32. The molecule has 33 heavy (non-hydrogen) atoms. The first-order valence-corrected chi connectivity index (χ1v) is 10.3. The molecule has 0 fully saturated rings. The quantitative estimate of drug-likeness (QED) is 0.455. The van der Waals surface area contributed by atoms with Crippen LogP contribution < -0.4 is 20.7 Å². The van der Waals surface area contributed by atoms with Crippen LogP contribution >= 0.6 is 11.6 Å². The largest absolute Gasteiger partial charge is 0.496 e. The van der Waals surface area contributed by atoms with Crippen LogP contribution in [0.3, 0.4) is 0 Å². The third kappa shape index (κ3) is 6.11. The van der Waals surface area contributed by atoms with E-state index in [1.54, 1.807) is 56.3 Å². The molecule has 10 heteroatoms. The van der Waals surface area contributed by atoms with Gasteiger partial charge in [0.2, 0.25) is 0 Å². The van der Waals surface area contributed by atoms with Crippen LogP contribution in [0.1, 0.15) is 24.2 Å². The lowest BCUT2D eigenvalue weighted by atomic mass is 10.1. The fraction of sp³-hybridized carbons (Fsp3) is 0.217. The topological polar surface area (TPSA) is 123 Å². The van der Waals surface area contributed by atoms with Gasteiger partial charge in [-0.1, -0.05) is 23.7 Å². The average Bonchev–Trinajstić information content (AvgIpc) is 3.32. The van der Waals surface area contributed by atoms with Crippen molar-refractivity contribution in [2.75, 3.05) is 19.0 Å². The van der Waals surface area contributed by atoms with E-state index in [0.29, 0.717) is 33.3 Å². The number of ether oxygens (including phenoxy) is 1. The van der Waals surface area contributed by atoms with E-state index in [1.165, 1.54) is 19.7 Å². The molecule has 1 aromatic heterocycles. The maximum absolute atomic E-state index is 12.4. The van der Waals surface area contributed by atoms with Gasteiger partial charge in [-0.3, -0.25) is 14.4 Å². The molecule has 3 aromatic rings. The predicted molar refractivity (Wildman–Crippen MR) is 123 cm³/mol. The van der Waals surface area contributed by atoms with Crippen molar-refractivity contribution >= 4 is 35.0 Å². The number of nitrogens with zero attached hydrogens (tertiary/aromatic N) is 1. The van der Waals surface area contributed by atoms with E-state index in [1.807, 2.05) is 0 Å². The number of rotatable bonds is 7. The molecule has 0 atom stereocenters.